The van der Waals surface area contributed by atoms with Crippen molar-refractivity contribution in [3.8, 4) is 11.5 Å². The highest BCUT2D eigenvalue weighted by Crippen LogP contribution is 2.38. The maximum atomic E-state index is 12.5. The average Bonchev–Trinajstić information content (AvgIpc) is 3.20. The predicted octanol–water partition coefficient (Wildman–Crippen LogP) is 4.81. The van der Waals surface area contributed by atoms with E-state index in [1.165, 1.54) is 12.1 Å². The number of nitrogens with zero attached hydrogens (tertiary/aromatic N) is 3. The van der Waals surface area contributed by atoms with E-state index in [2.05, 4.69) is 15.5 Å². The van der Waals surface area contributed by atoms with Gasteiger partial charge in [-0.2, -0.15) is 4.98 Å². The predicted molar refractivity (Wildman–Crippen MR) is 119 cm³/mol. The first-order valence-corrected chi connectivity index (χ1v) is 10.9. The lowest BCUT2D eigenvalue weighted by Gasteiger charge is -2.14. The molecule has 0 fully saturated rings. The van der Waals surface area contributed by atoms with Crippen LogP contribution in [0.25, 0.3) is 0 Å². The van der Waals surface area contributed by atoms with Crippen molar-refractivity contribution in [3.05, 3.63) is 34.0 Å². The fraction of sp³-hybridized carbons (Fsp3) is 0.591. The number of benzene rings is 1. The summed E-state index contributed by atoms with van der Waals surface area (Å²) < 4.78 is 16.5. The van der Waals surface area contributed by atoms with E-state index in [1.54, 1.807) is 0 Å². The molecule has 0 bridgehead atoms. The number of amides is 1. The fourth-order valence-electron chi connectivity index (χ4n) is 2.72. The monoisotopic (exact) mass is 448 g/mol. The molecular weight excluding hydrogens is 416 g/mol. The van der Waals surface area contributed by atoms with Crippen LogP contribution in [-0.2, 0) is 16.6 Å². The summed E-state index contributed by atoms with van der Waals surface area (Å²) in [4.78, 5) is 27.8. The molecule has 32 heavy (non-hydrogen) atoms. The Morgan fingerprint density at radius 3 is 2.31 bits per heavy atom. The van der Waals surface area contributed by atoms with Gasteiger partial charge in [0.1, 0.15) is 5.69 Å². The molecule has 2 aromatic rings. The zero-order valence-corrected chi connectivity index (χ0v) is 19.4. The molecule has 10 heteroatoms. The number of aromatic nitrogens is 2. The van der Waals surface area contributed by atoms with Gasteiger partial charge >= 0.3 is 0 Å². The molecule has 0 radical (unpaired) electrons. The van der Waals surface area contributed by atoms with E-state index < -0.39 is 4.92 Å². The van der Waals surface area contributed by atoms with Crippen molar-refractivity contribution in [1.82, 2.24) is 10.1 Å². The minimum Gasteiger partial charge on any atom is -0.490 e. The lowest BCUT2D eigenvalue weighted by atomic mass is 9.96. The number of ether oxygens (including phenoxy) is 2. The molecule has 0 atom stereocenters. The number of carbonyl (C=O) groups excluding carboxylic acids is 1. The first-order valence-electron chi connectivity index (χ1n) is 10.9. The summed E-state index contributed by atoms with van der Waals surface area (Å²) in [6, 6.07) is 2.74. The summed E-state index contributed by atoms with van der Waals surface area (Å²) in [6.45, 7) is 10.7. The van der Waals surface area contributed by atoms with Crippen LogP contribution in [0.15, 0.2) is 16.7 Å². The molecule has 1 amide bonds. The Bertz CT molecular complexity index is 920. The minimum absolute atomic E-state index is 0.0720. The summed E-state index contributed by atoms with van der Waals surface area (Å²) in [5.74, 6) is 1.36. The van der Waals surface area contributed by atoms with Crippen LogP contribution in [0.4, 0.5) is 11.4 Å². The van der Waals surface area contributed by atoms with Crippen molar-refractivity contribution in [2.75, 3.05) is 18.5 Å². The number of anilines is 1. The van der Waals surface area contributed by atoms with Crippen molar-refractivity contribution in [3.63, 3.8) is 0 Å². The standard InChI is InChI=1S/C22H32N4O6/c1-6-11-30-17-13-15(16(26(28)29)14-18(17)31-12-7-2)23-19(27)9-8-10-20-24-21(25-32-20)22(3,4)5/h13-14H,6-12H2,1-5H3,(H,23,27). The van der Waals surface area contributed by atoms with Crippen molar-refractivity contribution >= 4 is 17.3 Å². The van der Waals surface area contributed by atoms with Crippen LogP contribution in [-0.4, -0.2) is 34.2 Å². The number of carbonyl (C=O) groups is 1. The number of aryl methyl sites for hydroxylation is 1. The highest BCUT2D eigenvalue weighted by Gasteiger charge is 2.23. The lowest BCUT2D eigenvalue weighted by molar-refractivity contribution is -0.384. The van der Waals surface area contributed by atoms with E-state index in [4.69, 9.17) is 14.0 Å². The number of nitro benzene ring substituents is 1. The van der Waals surface area contributed by atoms with Gasteiger partial charge in [0.05, 0.1) is 24.2 Å². The molecule has 0 aliphatic heterocycles. The first-order chi connectivity index (χ1) is 15.2. The van der Waals surface area contributed by atoms with Gasteiger partial charge in [0.2, 0.25) is 11.8 Å². The van der Waals surface area contributed by atoms with E-state index in [0.717, 1.165) is 12.8 Å². The maximum absolute atomic E-state index is 12.5. The molecule has 1 N–H and O–H groups in total. The second-order valence-corrected chi connectivity index (χ2v) is 8.43. The van der Waals surface area contributed by atoms with Gasteiger partial charge < -0.3 is 19.3 Å². The molecule has 0 aliphatic carbocycles. The van der Waals surface area contributed by atoms with Crippen molar-refractivity contribution in [1.29, 1.82) is 0 Å². The van der Waals surface area contributed by atoms with Gasteiger partial charge in [0, 0.05) is 24.3 Å². The number of rotatable bonds is 12. The van der Waals surface area contributed by atoms with Crippen LogP contribution < -0.4 is 14.8 Å². The Balaban J connectivity index is 2.07. The van der Waals surface area contributed by atoms with Crippen LogP contribution in [0.3, 0.4) is 0 Å². The van der Waals surface area contributed by atoms with Gasteiger partial charge in [0.25, 0.3) is 5.69 Å². The molecule has 0 unspecified atom stereocenters. The molecule has 1 aromatic heterocycles. The third-order valence-electron chi connectivity index (χ3n) is 4.39. The lowest BCUT2D eigenvalue weighted by Crippen LogP contribution is -2.14. The second-order valence-electron chi connectivity index (χ2n) is 8.43. The Morgan fingerprint density at radius 1 is 1.16 bits per heavy atom. The fourth-order valence-corrected chi connectivity index (χ4v) is 2.72. The smallest absolute Gasteiger partial charge is 0.296 e. The molecule has 2 rings (SSSR count). The Kier molecular flexibility index (Phi) is 8.98. The van der Waals surface area contributed by atoms with Gasteiger partial charge in [-0.25, -0.2) is 0 Å². The summed E-state index contributed by atoms with van der Waals surface area (Å²) in [6.07, 6.45) is 2.55. The number of nitro groups is 1. The number of nitrogens with one attached hydrogen (secondary N) is 1. The van der Waals surface area contributed by atoms with Crippen LogP contribution in [0.1, 0.15) is 72.0 Å². The molecule has 0 saturated carbocycles. The maximum Gasteiger partial charge on any atom is 0.296 e. The minimum atomic E-state index is -0.551. The van der Waals surface area contributed by atoms with Crippen LogP contribution in [0, 0.1) is 10.1 Å². The molecule has 0 spiro atoms. The summed E-state index contributed by atoms with van der Waals surface area (Å²) in [7, 11) is 0. The normalized spacial score (nSPS) is 11.3. The second kappa shape index (κ2) is 11.4. The molecule has 1 aromatic carbocycles. The topological polar surface area (TPSA) is 130 Å². The average molecular weight is 449 g/mol. The van der Waals surface area contributed by atoms with E-state index in [9.17, 15) is 14.9 Å². The number of hydrogen-bond acceptors (Lipinski definition) is 8. The van der Waals surface area contributed by atoms with E-state index in [1.807, 2.05) is 34.6 Å². The highest BCUT2D eigenvalue weighted by atomic mass is 16.6. The van der Waals surface area contributed by atoms with Crippen LogP contribution >= 0.6 is 0 Å². The first kappa shape index (κ1) is 25.1. The summed E-state index contributed by atoms with van der Waals surface area (Å²) in [5, 5.41) is 18.2. The quantitative estimate of drug-likeness (QED) is 0.361. The third kappa shape index (κ3) is 7.21. The Labute approximate surface area is 187 Å². The Morgan fingerprint density at radius 2 is 1.78 bits per heavy atom. The zero-order valence-electron chi connectivity index (χ0n) is 19.4. The van der Waals surface area contributed by atoms with E-state index in [-0.39, 0.29) is 34.9 Å². The van der Waals surface area contributed by atoms with Crippen molar-refractivity contribution < 1.29 is 23.7 Å². The summed E-state index contributed by atoms with van der Waals surface area (Å²) in [5.41, 5.74) is -0.398. The molecule has 1 heterocycles. The molecular formula is C22H32N4O6. The van der Waals surface area contributed by atoms with Crippen LogP contribution in [0.2, 0.25) is 0 Å². The van der Waals surface area contributed by atoms with Gasteiger partial charge in [-0.05, 0) is 19.3 Å². The molecule has 0 aliphatic rings. The molecule has 176 valence electrons. The van der Waals surface area contributed by atoms with Gasteiger partial charge in [-0.15, -0.1) is 0 Å². The number of hydrogen-bond donors (Lipinski definition) is 1. The van der Waals surface area contributed by atoms with Crippen LogP contribution in [0.5, 0.6) is 11.5 Å². The van der Waals surface area contributed by atoms with Gasteiger partial charge in [-0.1, -0.05) is 39.8 Å². The van der Waals surface area contributed by atoms with E-state index >= 15 is 0 Å². The van der Waals surface area contributed by atoms with Gasteiger partial charge in [0.15, 0.2) is 17.3 Å². The van der Waals surface area contributed by atoms with Crippen molar-refractivity contribution in [2.24, 2.45) is 0 Å². The molecule has 0 saturated heterocycles. The Hall–Kier alpha value is -3.17. The highest BCUT2D eigenvalue weighted by molar-refractivity contribution is 5.93. The zero-order chi connectivity index (χ0) is 23.7. The third-order valence-corrected chi connectivity index (χ3v) is 4.39. The van der Waals surface area contributed by atoms with Crippen molar-refractivity contribution in [2.45, 2.75) is 72.1 Å². The SMILES string of the molecule is CCCOc1cc(NC(=O)CCCc2nc(C(C)(C)C)no2)c([N+](=O)[O-])cc1OCCC. The van der Waals surface area contributed by atoms with Gasteiger partial charge in [-0.3, -0.25) is 14.9 Å². The summed E-state index contributed by atoms with van der Waals surface area (Å²) >= 11 is 0. The molecule has 10 nitrogen and oxygen atoms in total. The van der Waals surface area contributed by atoms with E-state index in [0.29, 0.717) is 43.5 Å². The largest absolute Gasteiger partial charge is 0.490 e.